The molecule has 0 saturated carbocycles. The number of carbonyl (C=O) groups is 2. The molecule has 17 heavy (non-hydrogen) atoms. The summed E-state index contributed by atoms with van der Waals surface area (Å²) >= 11 is 0. The summed E-state index contributed by atoms with van der Waals surface area (Å²) < 4.78 is 27.9. The van der Waals surface area contributed by atoms with Gasteiger partial charge in [-0.3, -0.25) is 9.59 Å². The molecule has 0 aromatic carbocycles. The Bertz CT molecular complexity index is 403. The monoisotopic (exact) mass is 263 g/mol. The van der Waals surface area contributed by atoms with Gasteiger partial charge >= 0.3 is 5.97 Å². The molecule has 1 heterocycles. The van der Waals surface area contributed by atoms with Gasteiger partial charge in [0, 0.05) is 7.05 Å². The summed E-state index contributed by atoms with van der Waals surface area (Å²) in [5.74, 6) is -1.03. The second-order valence-corrected chi connectivity index (χ2v) is 6.42. The van der Waals surface area contributed by atoms with Crippen molar-refractivity contribution < 1.29 is 22.7 Å². The van der Waals surface area contributed by atoms with Crippen LogP contribution in [0, 0.1) is 0 Å². The maximum Gasteiger partial charge on any atom is 0.325 e. The Morgan fingerprint density at radius 1 is 1.35 bits per heavy atom. The highest BCUT2D eigenvalue weighted by atomic mass is 32.2. The summed E-state index contributed by atoms with van der Waals surface area (Å²) in [4.78, 5) is 24.0. The van der Waals surface area contributed by atoms with Gasteiger partial charge in [0.25, 0.3) is 0 Å². The predicted octanol–water partition coefficient (Wildman–Crippen LogP) is -0.415. The van der Waals surface area contributed by atoms with Gasteiger partial charge in [0.1, 0.15) is 11.8 Å². The molecule has 1 aliphatic rings. The fourth-order valence-electron chi connectivity index (χ4n) is 1.81. The molecule has 0 spiro atoms. The molecule has 0 bridgehead atoms. The average molecular weight is 263 g/mol. The number of nitrogens with zero attached hydrogens (tertiary/aromatic N) is 1. The highest BCUT2D eigenvalue weighted by Crippen LogP contribution is 2.21. The number of ether oxygens (including phenoxy) is 1. The van der Waals surface area contributed by atoms with E-state index in [1.54, 1.807) is 0 Å². The van der Waals surface area contributed by atoms with Crippen LogP contribution < -0.4 is 0 Å². The van der Waals surface area contributed by atoms with Crippen LogP contribution >= 0.6 is 0 Å². The number of amides is 1. The van der Waals surface area contributed by atoms with Crippen LogP contribution in [0.25, 0.3) is 0 Å². The third-order valence-electron chi connectivity index (χ3n) is 2.82. The van der Waals surface area contributed by atoms with E-state index in [0.29, 0.717) is 12.8 Å². The van der Waals surface area contributed by atoms with Crippen LogP contribution in [-0.2, 0) is 24.2 Å². The molecule has 1 fully saturated rings. The lowest BCUT2D eigenvalue weighted by Gasteiger charge is -2.25. The topological polar surface area (TPSA) is 80.8 Å². The largest absolute Gasteiger partial charge is 0.468 e. The number of methoxy groups -OCH3 is 1. The van der Waals surface area contributed by atoms with Gasteiger partial charge in [-0.15, -0.1) is 0 Å². The number of likely N-dealkylation sites (N-methyl/N-ethyl adjacent to an activating group) is 1. The number of carbonyl (C=O) groups excluding carboxylic acids is 2. The molecule has 98 valence electrons. The average Bonchev–Trinajstić information content (AvgIpc) is 2.27. The van der Waals surface area contributed by atoms with E-state index in [2.05, 4.69) is 4.74 Å². The first kappa shape index (κ1) is 14.0. The van der Waals surface area contributed by atoms with Gasteiger partial charge in [0.05, 0.1) is 12.9 Å². The lowest BCUT2D eigenvalue weighted by molar-refractivity contribution is -0.146. The fourth-order valence-corrected chi connectivity index (χ4v) is 3.72. The predicted molar refractivity (Wildman–Crippen MR) is 61.1 cm³/mol. The number of hydrogen-bond donors (Lipinski definition) is 0. The molecule has 0 aliphatic carbocycles. The Morgan fingerprint density at radius 3 is 2.53 bits per heavy atom. The van der Waals surface area contributed by atoms with Gasteiger partial charge in [-0.1, -0.05) is 6.42 Å². The quantitative estimate of drug-likeness (QED) is 0.646. The lowest BCUT2D eigenvalue weighted by Crippen LogP contribution is -2.45. The second kappa shape index (κ2) is 5.48. The Morgan fingerprint density at radius 2 is 2.00 bits per heavy atom. The zero-order valence-electron chi connectivity index (χ0n) is 10.0. The van der Waals surface area contributed by atoms with Crippen molar-refractivity contribution >= 4 is 21.7 Å². The van der Waals surface area contributed by atoms with E-state index in [-0.39, 0.29) is 12.3 Å². The Balaban J connectivity index is 2.71. The zero-order valence-corrected chi connectivity index (χ0v) is 10.8. The Hall–Kier alpha value is -1.11. The molecule has 0 aromatic rings. The summed E-state index contributed by atoms with van der Waals surface area (Å²) in [7, 11) is -0.727. The molecule has 1 rings (SSSR count). The maximum atomic E-state index is 11.9. The van der Waals surface area contributed by atoms with Crippen LogP contribution in [0.15, 0.2) is 0 Å². The minimum absolute atomic E-state index is 0.0511. The van der Waals surface area contributed by atoms with Crippen molar-refractivity contribution in [1.29, 1.82) is 0 Å². The molecule has 0 aromatic heterocycles. The van der Waals surface area contributed by atoms with Crippen molar-refractivity contribution in [3.8, 4) is 0 Å². The SMILES string of the molecule is COC(=O)CN(C)C(=O)C1CCCCS1(=O)=O. The molecule has 6 nitrogen and oxygen atoms in total. The molecule has 1 amide bonds. The molecule has 0 N–H and O–H groups in total. The van der Waals surface area contributed by atoms with Crippen molar-refractivity contribution in [2.45, 2.75) is 24.5 Å². The summed E-state index contributed by atoms with van der Waals surface area (Å²) in [6.45, 7) is -0.221. The van der Waals surface area contributed by atoms with E-state index in [9.17, 15) is 18.0 Å². The van der Waals surface area contributed by atoms with Crippen molar-refractivity contribution in [3.05, 3.63) is 0 Å². The van der Waals surface area contributed by atoms with Crippen molar-refractivity contribution in [2.24, 2.45) is 0 Å². The van der Waals surface area contributed by atoms with Crippen LogP contribution in [-0.4, -0.2) is 56.9 Å². The van der Waals surface area contributed by atoms with E-state index in [1.165, 1.54) is 14.2 Å². The van der Waals surface area contributed by atoms with Gasteiger partial charge in [-0.25, -0.2) is 8.42 Å². The first-order chi connectivity index (χ1) is 7.88. The molecule has 1 saturated heterocycles. The first-order valence-corrected chi connectivity index (χ1v) is 7.13. The van der Waals surface area contributed by atoms with Crippen molar-refractivity contribution in [3.63, 3.8) is 0 Å². The van der Waals surface area contributed by atoms with Crippen molar-refractivity contribution in [2.75, 3.05) is 26.5 Å². The summed E-state index contributed by atoms with van der Waals surface area (Å²) in [6.07, 6.45) is 1.67. The van der Waals surface area contributed by atoms with Gasteiger partial charge in [0.2, 0.25) is 5.91 Å². The zero-order chi connectivity index (χ0) is 13.1. The summed E-state index contributed by atoms with van der Waals surface area (Å²) in [6, 6.07) is 0. The highest BCUT2D eigenvalue weighted by molar-refractivity contribution is 7.92. The molecule has 7 heteroatoms. The highest BCUT2D eigenvalue weighted by Gasteiger charge is 2.36. The van der Waals surface area contributed by atoms with E-state index in [4.69, 9.17) is 0 Å². The molecule has 1 atom stereocenters. The standard InChI is InChI=1S/C10H17NO5S/c1-11(7-9(12)16-2)10(13)8-5-3-4-6-17(8,14)15/h8H,3-7H2,1-2H3. The molecule has 1 aliphatic heterocycles. The Labute approximate surface area is 101 Å². The van der Waals surface area contributed by atoms with E-state index in [0.717, 1.165) is 11.3 Å². The normalized spacial score (nSPS) is 22.8. The minimum atomic E-state index is -3.35. The second-order valence-electron chi connectivity index (χ2n) is 4.12. The first-order valence-electron chi connectivity index (χ1n) is 5.42. The van der Waals surface area contributed by atoms with Gasteiger partial charge in [-0.2, -0.15) is 0 Å². The Kier molecular flexibility index (Phi) is 4.50. The molecule has 1 unspecified atom stereocenters. The van der Waals surface area contributed by atoms with E-state index < -0.39 is 27.0 Å². The van der Waals surface area contributed by atoms with E-state index >= 15 is 0 Å². The third kappa shape index (κ3) is 3.42. The molecular formula is C10H17NO5S. The number of sulfone groups is 1. The maximum absolute atomic E-state index is 11.9. The molecular weight excluding hydrogens is 246 g/mol. The minimum Gasteiger partial charge on any atom is -0.468 e. The van der Waals surface area contributed by atoms with Gasteiger partial charge in [0.15, 0.2) is 9.84 Å². The summed E-state index contributed by atoms with van der Waals surface area (Å²) in [5.41, 5.74) is 0. The van der Waals surface area contributed by atoms with Crippen LogP contribution in [0.3, 0.4) is 0 Å². The smallest absolute Gasteiger partial charge is 0.325 e. The van der Waals surface area contributed by atoms with E-state index in [1.807, 2.05) is 0 Å². The number of rotatable bonds is 3. The van der Waals surface area contributed by atoms with Crippen LogP contribution in [0.5, 0.6) is 0 Å². The number of esters is 1. The lowest BCUT2D eigenvalue weighted by atomic mass is 10.2. The fraction of sp³-hybridized carbons (Fsp3) is 0.800. The third-order valence-corrected chi connectivity index (χ3v) is 4.99. The van der Waals surface area contributed by atoms with Crippen LogP contribution in [0.2, 0.25) is 0 Å². The van der Waals surface area contributed by atoms with Gasteiger partial charge in [-0.05, 0) is 12.8 Å². The number of hydrogen-bond acceptors (Lipinski definition) is 5. The van der Waals surface area contributed by atoms with Crippen LogP contribution in [0.4, 0.5) is 0 Å². The molecule has 0 radical (unpaired) electrons. The van der Waals surface area contributed by atoms with Gasteiger partial charge < -0.3 is 9.64 Å². The summed E-state index contributed by atoms with van der Waals surface area (Å²) in [5, 5.41) is -0.995. The van der Waals surface area contributed by atoms with Crippen LogP contribution in [0.1, 0.15) is 19.3 Å². The van der Waals surface area contributed by atoms with Crippen molar-refractivity contribution in [1.82, 2.24) is 4.90 Å².